The van der Waals surface area contributed by atoms with Gasteiger partial charge in [0.05, 0.1) is 13.7 Å². The third kappa shape index (κ3) is 4.51. The zero-order valence-corrected chi connectivity index (χ0v) is 12.1. The van der Waals surface area contributed by atoms with Crippen LogP contribution in [-0.4, -0.2) is 42.7 Å². The van der Waals surface area contributed by atoms with E-state index in [0.29, 0.717) is 12.6 Å². The van der Waals surface area contributed by atoms with Crippen LogP contribution in [0.1, 0.15) is 24.0 Å². The van der Waals surface area contributed by atoms with Gasteiger partial charge in [-0.2, -0.15) is 0 Å². The number of carboxylic acids is 1. The Morgan fingerprint density at radius 2 is 2.25 bits per heavy atom. The second-order valence-corrected chi connectivity index (χ2v) is 5.37. The number of hydrogen-bond donors (Lipinski definition) is 2. The average Bonchev–Trinajstić information content (AvgIpc) is 3.20. The van der Waals surface area contributed by atoms with Crippen molar-refractivity contribution >= 4 is 5.97 Å². The first-order chi connectivity index (χ1) is 9.58. The number of aliphatic carboxylic acids is 1. The number of carbonyl (C=O) groups is 1. The van der Waals surface area contributed by atoms with E-state index in [4.69, 9.17) is 9.84 Å². The first-order valence-corrected chi connectivity index (χ1v) is 6.88. The maximum absolute atomic E-state index is 10.7. The van der Waals surface area contributed by atoms with Crippen LogP contribution >= 0.6 is 0 Å². The van der Waals surface area contributed by atoms with Crippen LogP contribution in [0.25, 0.3) is 0 Å². The molecule has 0 amide bonds. The molecule has 1 aliphatic rings. The summed E-state index contributed by atoms with van der Waals surface area (Å²) in [5, 5.41) is 12.2. The molecule has 1 aromatic rings. The molecule has 2 N–H and O–H groups in total. The molecule has 110 valence electrons. The second kappa shape index (κ2) is 6.72. The molecule has 0 aromatic heterocycles. The first-order valence-electron chi connectivity index (χ1n) is 6.88. The first kappa shape index (κ1) is 14.8. The average molecular weight is 278 g/mol. The van der Waals surface area contributed by atoms with Crippen LogP contribution in [0.2, 0.25) is 0 Å². The Balaban J connectivity index is 1.97. The molecule has 1 aliphatic carbocycles. The lowest BCUT2D eigenvalue weighted by atomic mass is 10.1. The van der Waals surface area contributed by atoms with Crippen LogP contribution in [0.3, 0.4) is 0 Å². The highest BCUT2D eigenvalue weighted by atomic mass is 16.5. The van der Waals surface area contributed by atoms with E-state index in [0.717, 1.165) is 23.4 Å². The molecule has 0 unspecified atom stereocenters. The number of carboxylic acid groups (broad SMARTS) is 1. The monoisotopic (exact) mass is 278 g/mol. The predicted molar refractivity (Wildman–Crippen MR) is 76.8 cm³/mol. The molecule has 5 heteroatoms. The van der Waals surface area contributed by atoms with Crippen molar-refractivity contribution in [2.45, 2.75) is 32.0 Å². The summed E-state index contributed by atoms with van der Waals surface area (Å²) in [4.78, 5) is 12.4. The Bertz CT molecular complexity index is 472. The molecule has 1 aromatic carbocycles. The summed E-state index contributed by atoms with van der Waals surface area (Å²) < 4.78 is 5.43. The third-order valence-electron chi connectivity index (χ3n) is 3.37. The summed E-state index contributed by atoms with van der Waals surface area (Å²) in [6, 6.07) is 6.74. The second-order valence-electron chi connectivity index (χ2n) is 5.37. The van der Waals surface area contributed by atoms with Crippen molar-refractivity contribution in [3.8, 4) is 5.75 Å². The highest BCUT2D eigenvalue weighted by molar-refractivity contribution is 5.69. The number of ether oxygens (including phenoxy) is 1. The maximum Gasteiger partial charge on any atom is 0.317 e. The van der Waals surface area contributed by atoms with Gasteiger partial charge in [-0.3, -0.25) is 9.69 Å². The lowest BCUT2D eigenvalue weighted by Crippen LogP contribution is -2.25. The molecule has 0 spiro atoms. The molecule has 1 fully saturated rings. The topological polar surface area (TPSA) is 61.8 Å². The highest BCUT2D eigenvalue weighted by Gasteiger charge is 2.20. The van der Waals surface area contributed by atoms with E-state index in [1.165, 1.54) is 12.8 Å². The molecule has 0 saturated heterocycles. The van der Waals surface area contributed by atoms with Crippen LogP contribution < -0.4 is 10.1 Å². The van der Waals surface area contributed by atoms with E-state index in [9.17, 15) is 4.79 Å². The van der Waals surface area contributed by atoms with E-state index in [-0.39, 0.29) is 6.54 Å². The van der Waals surface area contributed by atoms with Gasteiger partial charge in [0.1, 0.15) is 5.75 Å². The third-order valence-corrected chi connectivity index (χ3v) is 3.37. The molecule has 1 saturated carbocycles. The van der Waals surface area contributed by atoms with Crippen LogP contribution in [-0.2, 0) is 17.9 Å². The molecule has 0 aliphatic heterocycles. The maximum atomic E-state index is 10.7. The Morgan fingerprint density at radius 1 is 1.50 bits per heavy atom. The summed E-state index contributed by atoms with van der Waals surface area (Å²) in [5.74, 6) is 0.0455. The fourth-order valence-corrected chi connectivity index (χ4v) is 2.17. The molecule has 0 atom stereocenters. The van der Waals surface area contributed by atoms with Gasteiger partial charge < -0.3 is 15.2 Å². The number of likely N-dealkylation sites (N-methyl/N-ethyl adjacent to an activating group) is 1. The van der Waals surface area contributed by atoms with Crippen molar-refractivity contribution in [1.29, 1.82) is 0 Å². The highest BCUT2D eigenvalue weighted by Crippen LogP contribution is 2.24. The van der Waals surface area contributed by atoms with Gasteiger partial charge in [-0.05, 0) is 31.5 Å². The van der Waals surface area contributed by atoms with Gasteiger partial charge in [0, 0.05) is 24.7 Å². The normalized spacial score (nSPS) is 14.6. The standard InChI is InChI=1S/C15H22N2O3/c1-17(10-15(18)19)9-11-3-4-12(14(7-11)20-2)8-16-13-5-6-13/h3-4,7,13,16H,5-6,8-10H2,1-2H3,(H,18,19). The molecular weight excluding hydrogens is 256 g/mol. The lowest BCUT2D eigenvalue weighted by molar-refractivity contribution is -0.138. The summed E-state index contributed by atoms with van der Waals surface area (Å²) >= 11 is 0. The van der Waals surface area contributed by atoms with Crippen LogP contribution in [0, 0.1) is 0 Å². The predicted octanol–water partition coefficient (Wildman–Crippen LogP) is 1.46. The van der Waals surface area contributed by atoms with Crippen molar-refractivity contribution < 1.29 is 14.6 Å². The minimum absolute atomic E-state index is 0.0350. The zero-order chi connectivity index (χ0) is 14.5. The summed E-state index contributed by atoms with van der Waals surface area (Å²) in [6.45, 7) is 1.45. The summed E-state index contributed by atoms with van der Waals surface area (Å²) in [6.07, 6.45) is 2.53. The fraction of sp³-hybridized carbons (Fsp3) is 0.533. The lowest BCUT2D eigenvalue weighted by Gasteiger charge is -2.16. The minimum atomic E-state index is -0.815. The van der Waals surface area contributed by atoms with Crippen molar-refractivity contribution in [1.82, 2.24) is 10.2 Å². The smallest absolute Gasteiger partial charge is 0.317 e. The number of benzene rings is 1. The zero-order valence-electron chi connectivity index (χ0n) is 12.1. The molecule has 20 heavy (non-hydrogen) atoms. The van der Waals surface area contributed by atoms with Gasteiger partial charge in [-0.15, -0.1) is 0 Å². The van der Waals surface area contributed by atoms with Gasteiger partial charge in [-0.25, -0.2) is 0 Å². The van der Waals surface area contributed by atoms with Gasteiger partial charge in [0.25, 0.3) is 0 Å². The minimum Gasteiger partial charge on any atom is -0.496 e. The molecule has 0 radical (unpaired) electrons. The number of hydrogen-bond acceptors (Lipinski definition) is 4. The van der Waals surface area contributed by atoms with Crippen molar-refractivity contribution in [3.63, 3.8) is 0 Å². The molecule has 0 heterocycles. The fourth-order valence-electron chi connectivity index (χ4n) is 2.17. The van der Waals surface area contributed by atoms with E-state index in [2.05, 4.69) is 11.4 Å². The van der Waals surface area contributed by atoms with Crippen LogP contribution in [0.15, 0.2) is 18.2 Å². The summed E-state index contributed by atoms with van der Waals surface area (Å²) in [7, 11) is 3.46. The number of rotatable bonds is 8. The largest absolute Gasteiger partial charge is 0.496 e. The van der Waals surface area contributed by atoms with Gasteiger partial charge in [-0.1, -0.05) is 12.1 Å². The van der Waals surface area contributed by atoms with Gasteiger partial charge in [0.15, 0.2) is 0 Å². The van der Waals surface area contributed by atoms with E-state index < -0.39 is 5.97 Å². The van der Waals surface area contributed by atoms with Crippen LogP contribution in [0.4, 0.5) is 0 Å². The van der Waals surface area contributed by atoms with Gasteiger partial charge in [0.2, 0.25) is 0 Å². The van der Waals surface area contributed by atoms with E-state index in [1.807, 2.05) is 12.1 Å². The van der Waals surface area contributed by atoms with Crippen molar-refractivity contribution in [2.24, 2.45) is 0 Å². The molecule has 2 rings (SSSR count). The number of nitrogens with one attached hydrogen (secondary N) is 1. The SMILES string of the molecule is COc1cc(CN(C)CC(=O)O)ccc1CNC1CC1. The Labute approximate surface area is 119 Å². The molecule has 0 bridgehead atoms. The molecular formula is C15H22N2O3. The Kier molecular flexibility index (Phi) is 4.98. The van der Waals surface area contributed by atoms with Crippen LogP contribution in [0.5, 0.6) is 5.75 Å². The van der Waals surface area contributed by atoms with E-state index in [1.54, 1.807) is 19.1 Å². The van der Waals surface area contributed by atoms with Crippen molar-refractivity contribution in [2.75, 3.05) is 20.7 Å². The number of nitrogens with zero attached hydrogens (tertiary/aromatic N) is 1. The Hall–Kier alpha value is -1.59. The Morgan fingerprint density at radius 3 is 2.85 bits per heavy atom. The van der Waals surface area contributed by atoms with Crippen molar-refractivity contribution in [3.05, 3.63) is 29.3 Å². The van der Waals surface area contributed by atoms with Gasteiger partial charge >= 0.3 is 5.97 Å². The number of methoxy groups -OCH3 is 1. The van der Waals surface area contributed by atoms with E-state index >= 15 is 0 Å². The quantitative estimate of drug-likeness (QED) is 0.754. The summed E-state index contributed by atoms with van der Waals surface area (Å²) in [5.41, 5.74) is 2.20. The molecule has 5 nitrogen and oxygen atoms in total.